The number of hydrogen-bond donors (Lipinski definition) is 2. The zero-order valence-electron chi connectivity index (χ0n) is 21.3. The van der Waals surface area contributed by atoms with Gasteiger partial charge in [-0.05, 0) is 60.0 Å². The van der Waals surface area contributed by atoms with Crippen LogP contribution in [0.3, 0.4) is 0 Å². The van der Waals surface area contributed by atoms with E-state index in [9.17, 15) is 0 Å². The number of para-hydroxylation sites is 1. The Morgan fingerprint density at radius 1 is 0.872 bits per heavy atom. The number of fused-ring (bicyclic) bond motifs is 2. The van der Waals surface area contributed by atoms with E-state index in [0.717, 1.165) is 60.4 Å². The first kappa shape index (κ1) is 29.1. The van der Waals surface area contributed by atoms with Crippen LogP contribution in [0.5, 0.6) is 5.75 Å². The van der Waals surface area contributed by atoms with Crippen LogP contribution in [-0.4, -0.2) is 50.1 Å². The van der Waals surface area contributed by atoms with Crippen LogP contribution < -0.4 is 20.7 Å². The standard InChI is InChI=1S/C29H29N5OS2.2ClH/c30-29(28-6-3-19-36-28)31-21-7-9-22(10-8-21)34-15-13-33(14-16-34)17-18-35-23-11-12-27-25(20-23)32-24-4-1-2-5-26(24)37-27;;/h1-12,19-20,32H,13-18H2,(H2,30,31);2*1H. The second-order valence-corrected chi connectivity index (χ2v) is 11.1. The molecule has 3 aromatic carbocycles. The van der Waals surface area contributed by atoms with E-state index in [4.69, 9.17) is 10.5 Å². The first-order chi connectivity index (χ1) is 18.2. The van der Waals surface area contributed by atoms with Crippen LogP contribution in [0.15, 0.2) is 99.0 Å². The third-order valence-electron chi connectivity index (χ3n) is 6.61. The van der Waals surface area contributed by atoms with Crippen LogP contribution in [0, 0.1) is 0 Å². The van der Waals surface area contributed by atoms with Gasteiger partial charge in [0.1, 0.15) is 18.2 Å². The lowest BCUT2D eigenvalue weighted by molar-refractivity contribution is 0.200. The van der Waals surface area contributed by atoms with Gasteiger partial charge in [0.15, 0.2) is 0 Å². The van der Waals surface area contributed by atoms with Gasteiger partial charge >= 0.3 is 0 Å². The van der Waals surface area contributed by atoms with E-state index in [-0.39, 0.29) is 24.8 Å². The number of aliphatic imine (C=N–C) groups is 1. The summed E-state index contributed by atoms with van der Waals surface area (Å²) >= 11 is 3.40. The molecule has 0 saturated carbocycles. The van der Waals surface area contributed by atoms with E-state index in [1.807, 2.05) is 29.6 Å². The molecule has 3 N–H and O–H groups in total. The number of rotatable bonds is 7. The van der Waals surface area contributed by atoms with Crippen molar-refractivity contribution in [1.82, 2.24) is 4.90 Å². The van der Waals surface area contributed by atoms with Crippen LogP contribution in [0.2, 0.25) is 0 Å². The Kier molecular flexibility index (Phi) is 10.0. The lowest BCUT2D eigenvalue weighted by Gasteiger charge is -2.36. The van der Waals surface area contributed by atoms with Gasteiger partial charge in [0, 0.05) is 54.3 Å². The molecule has 0 spiro atoms. The van der Waals surface area contributed by atoms with Gasteiger partial charge in [-0.15, -0.1) is 36.2 Å². The Bertz CT molecular complexity index is 1390. The van der Waals surface area contributed by atoms with Crippen molar-refractivity contribution in [2.45, 2.75) is 9.79 Å². The van der Waals surface area contributed by atoms with Crippen LogP contribution in [0.1, 0.15) is 4.88 Å². The molecular weight excluding hydrogens is 569 g/mol. The number of thiophene rings is 1. The number of halogens is 2. The average molecular weight is 601 g/mol. The predicted octanol–water partition coefficient (Wildman–Crippen LogP) is 7.04. The van der Waals surface area contributed by atoms with Gasteiger partial charge in [0.2, 0.25) is 0 Å². The number of nitrogens with one attached hydrogen (secondary N) is 1. The molecule has 204 valence electrons. The van der Waals surface area contributed by atoms with Crippen LogP contribution in [-0.2, 0) is 0 Å². The van der Waals surface area contributed by atoms with Gasteiger partial charge < -0.3 is 20.7 Å². The van der Waals surface area contributed by atoms with Gasteiger partial charge in [0.25, 0.3) is 0 Å². The Hall–Kier alpha value is -2.88. The van der Waals surface area contributed by atoms with Crippen molar-refractivity contribution in [3.05, 3.63) is 89.1 Å². The average Bonchev–Trinajstić information content (AvgIpc) is 3.48. The molecule has 1 fully saturated rings. The Balaban J connectivity index is 0.00000176. The summed E-state index contributed by atoms with van der Waals surface area (Å²) in [7, 11) is 0. The van der Waals surface area contributed by atoms with Crippen molar-refractivity contribution >= 4 is 76.5 Å². The third-order valence-corrected chi connectivity index (χ3v) is 8.66. The highest BCUT2D eigenvalue weighted by Crippen LogP contribution is 2.45. The van der Waals surface area contributed by atoms with Crippen molar-refractivity contribution in [2.75, 3.05) is 49.5 Å². The molecule has 0 amide bonds. The molecule has 1 aromatic heterocycles. The zero-order chi connectivity index (χ0) is 25.0. The van der Waals surface area contributed by atoms with Gasteiger partial charge in [-0.3, -0.25) is 4.90 Å². The summed E-state index contributed by atoms with van der Waals surface area (Å²) < 4.78 is 6.12. The first-order valence-corrected chi connectivity index (χ1v) is 14.2. The van der Waals surface area contributed by atoms with Crippen molar-refractivity contribution in [1.29, 1.82) is 0 Å². The summed E-state index contributed by atoms with van der Waals surface area (Å²) in [6.07, 6.45) is 0. The number of anilines is 3. The first-order valence-electron chi connectivity index (χ1n) is 12.5. The van der Waals surface area contributed by atoms with Crippen molar-refractivity contribution in [3.63, 3.8) is 0 Å². The SMILES string of the molecule is Cl.Cl.NC(=Nc1ccc(N2CCN(CCOc3ccc4c(c3)Nc3ccccc3S4)CC2)cc1)c1cccs1. The minimum absolute atomic E-state index is 0. The molecule has 0 atom stereocenters. The number of piperazine rings is 1. The number of benzene rings is 3. The van der Waals surface area contributed by atoms with Crippen molar-refractivity contribution in [2.24, 2.45) is 10.7 Å². The molecule has 0 radical (unpaired) electrons. The Morgan fingerprint density at radius 3 is 2.41 bits per heavy atom. The van der Waals surface area contributed by atoms with Crippen molar-refractivity contribution < 1.29 is 4.74 Å². The minimum atomic E-state index is 0. The fourth-order valence-electron chi connectivity index (χ4n) is 4.59. The second kappa shape index (κ2) is 13.5. The molecule has 10 heteroatoms. The van der Waals surface area contributed by atoms with Gasteiger partial charge in [-0.25, -0.2) is 4.99 Å². The van der Waals surface area contributed by atoms with E-state index in [1.165, 1.54) is 15.5 Å². The molecular formula is C29H31Cl2N5OS2. The number of amidine groups is 1. The van der Waals surface area contributed by atoms with Crippen molar-refractivity contribution in [3.8, 4) is 5.75 Å². The molecule has 0 bridgehead atoms. The van der Waals surface area contributed by atoms with Gasteiger partial charge in [-0.1, -0.05) is 30.0 Å². The maximum Gasteiger partial charge on any atom is 0.141 e. The maximum absolute atomic E-state index is 6.12. The summed E-state index contributed by atoms with van der Waals surface area (Å²) in [5, 5.41) is 5.54. The van der Waals surface area contributed by atoms with Crippen LogP contribution in [0.4, 0.5) is 22.7 Å². The predicted molar refractivity (Wildman–Crippen MR) is 170 cm³/mol. The lowest BCUT2D eigenvalue weighted by atomic mass is 10.2. The molecule has 4 aromatic rings. The van der Waals surface area contributed by atoms with E-state index in [2.05, 4.69) is 74.7 Å². The normalized spacial score (nSPS) is 14.8. The number of nitrogens with zero attached hydrogens (tertiary/aromatic N) is 3. The number of nitrogens with two attached hydrogens (primary N) is 1. The fourth-order valence-corrected chi connectivity index (χ4v) is 6.18. The quantitative estimate of drug-likeness (QED) is 0.154. The Labute approximate surface area is 250 Å². The molecule has 39 heavy (non-hydrogen) atoms. The van der Waals surface area contributed by atoms with Gasteiger partial charge in [0.05, 0.1) is 21.9 Å². The molecule has 2 aliphatic rings. The topological polar surface area (TPSA) is 66.1 Å². The van der Waals surface area contributed by atoms with Crippen LogP contribution in [0.25, 0.3) is 0 Å². The van der Waals surface area contributed by atoms with E-state index >= 15 is 0 Å². The number of ether oxygens (including phenoxy) is 1. The largest absolute Gasteiger partial charge is 0.492 e. The molecule has 2 aliphatic heterocycles. The van der Waals surface area contributed by atoms with Crippen LogP contribution >= 0.6 is 47.9 Å². The van der Waals surface area contributed by atoms with E-state index < -0.39 is 0 Å². The molecule has 6 rings (SSSR count). The van der Waals surface area contributed by atoms with E-state index in [1.54, 1.807) is 23.1 Å². The summed E-state index contributed by atoms with van der Waals surface area (Å²) in [4.78, 5) is 12.9. The fraction of sp³-hybridized carbons (Fsp3) is 0.207. The van der Waals surface area contributed by atoms with E-state index in [0.29, 0.717) is 12.4 Å². The highest BCUT2D eigenvalue weighted by Gasteiger charge is 2.18. The second-order valence-electron chi connectivity index (χ2n) is 9.05. The molecule has 6 nitrogen and oxygen atoms in total. The summed E-state index contributed by atoms with van der Waals surface area (Å²) in [5.74, 6) is 1.47. The maximum atomic E-state index is 6.12. The number of hydrogen-bond acceptors (Lipinski definition) is 7. The Morgan fingerprint density at radius 2 is 1.64 bits per heavy atom. The lowest BCUT2D eigenvalue weighted by Crippen LogP contribution is -2.47. The molecule has 1 saturated heterocycles. The monoisotopic (exact) mass is 599 g/mol. The summed E-state index contributed by atoms with van der Waals surface area (Å²) in [6.45, 7) is 5.65. The molecule has 0 aliphatic carbocycles. The smallest absolute Gasteiger partial charge is 0.141 e. The summed E-state index contributed by atoms with van der Waals surface area (Å²) in [6, 6.07) is 27.1. The highest BCUT2D eigenvalue weighted by molar-refractivity contribution is 7.99. The third kappa shape index (κ3) is 7.01. The summed E-state index contributed by atoms with van der Waals surface area (Å²) in [5.41, 5.74) is 10.5. The highest BCUT2D eigenvalue weighted by atomic mass is 35.5. The zero-order valence-corrected chi connectivity index (χ0v) is 24.6. The molecule has 3 heterocycles. The minimum Gasteiger partial charge on any atom is -0.492 e. The molecule has 0 unspecified atom stereocenters. The van der Waals surface area contributed by atoms with Gasteiger partial charge in [-0.2, -0.15) is 0 Å².